The number of ether oxygens (including phenoxy) is 2. The van der Waals surface area contributed by atoms with E-state index < -0.39 is 0 Å². The van der Waals surface area contributed by atoms with Crippen molar-refractivity contribution in [3.63, 3.8) is 0 Å². The van der Waals surface area contributed by atoms with Crippen LogP contribution in [-0.4, -0.2) is 30.5 Å². The molecule has 0 fully saturated rings. The monoisotopic (exact) mass is 273 g/mol. The Morgan fingerprint density at radius 2 is 2.15 bits per heavy atom. The number of hydrogen-bond donors (Lipinski definition) is 1. The summed E-state index contributed by atoms with van der Waals surface area (Å²) in [6.45, 7) is 0.943. The van der Waals surface area contributed by atoms with Gasteiger partial charge in [-0.05, 0) is 29.7 Å². The fraction of sp³-hybridized carbons (Fsp3) is 0.400. The fourth-order valence-corrected chi connectivity index (χ4v) is 2.81. The maximum absolute atomic E-state index is 5.44. The first-order valence-corrected chi connectivity index (χ1v) is 6.70. The minimum absolute atomic E-state index is 0.0799. The van der Waals surface area contributed by atoms with Crippen molar-refractivity contribution in [2.75, 3.05) is 20.8 Å². The van der Waals surface area contributed by atoms with E-state index in [-0.39, 0.29) is 6.04 Å². The third-order valence-corrected chi connectivity index (χ3v) is 3.85. The highest BCUT2D eigenvalue weighted by Crippen LogP contribution is 2.35. The van der Waals surface area contributed by atoms with Gasteiger partial charge < -0.3 is 14.8 Å². The zero-order valence-electron chi connectivity index (χ0n) is 12.0. The van der Waals surface area contributed by atoms with Crippen LogP contribution in [0.3, 0.4) is 0 Å². The Morgan fingerprint density at radius 3 is 2.90 bits per heavy atom. The summed E-state index contributed by atoms with van der Waals surface area (Å²) in [7, 11) is 5.31. The molecule has 2 aromatic rings. The van der Waals surface area contributed by atoms with Gasteiger partial charge in [-0.3, -0.25) is 4.68 Å². The Morgan fingerprint density at radius 1 is 1.30 bits per heavy atom. The highest BCUT2D eigenvalue weighted by Gasteiger charge is 2.27. The Bertz CT molecular complexity index is 622. The Kier molecular flexibility index (Phi) is 3.36. The summed E-state index contributed by atoms with van der Waals surface area (Å²) in [4.78, 5) is 0. The van der Waals surface area contributed by atoms with Crippen molar-refractivity contribution in [3.8, 4) is 11.5 Å². The number of hydrogen-bond acceptors (Lipinski definition) is 4. The first kappa shape index (κ1) is 13.0. The minimum Gasteiger partial charge on any atom is -0.497 e. The van der Waals surface area contributed by atoms with Crippen LogP contribution in [0.2, 0.25) is 0 Å². The van der Waals surface area contributed by atoms with Crippen LogP contribution in [0, 0.1) is 0 Å². The van der Waals surface area contributed by atoms with Gasteiger partial charge in [0, 0.05) is 13.6 Å². The number of aromatic nitrogens is 2. The van der Waals surface area contributed by atoms with Crippen molar-refractivity contribution in [2.24, 2.45) is 7.05 Å². The summed E-state index contributed by atoms with van der Waals surface area (Å²) in [5, 5.41) is 7.85. The molecule has 20 heavy (non-hydrogen) atoms. The van der Waals surface area contributed by atoms with E-state index in [1.165, 1.54) is 11.1 Å². The maximum atomic E-state index is 5.44. The largest absolute Gasteiger partial charge is 0.497 e. The van der Waals surface area contributed by atoms with Crippen LogP contribution in [0.1, 0.15) is 22.9 Å². The van der Waals surface area contributed by atoms with Gasteiger partial charge in [-0.15, -0.1) is 0 Å². The Hall–Kier alpha value is -2.01. The minimum atomic E-state index is 0.0799. The predicted molar refractivity (Wildman–Crippen MR) is 76.3 cm³/mol. The van der Waals surface area contributed by atoms with Gasteiger partial charge in [0.05, 0.1) is 26.5 Å². The fourth-order valence-electron chi connectivity index (χ4n) is 2.81. The van der Waals surface area contributed by atoms with E-state index in [4.69, 9.17) is 9.47 Å². The lowest BCUT2D eigenvalue weighted by Gasteiger charge is -2.28. The van der Waals surface area contributed by atoms with Crippen molar-refractivity contribution in [3.05, 3.63) is 41.2 Å². The van der Waals surface area contributed by atoms with E-state index in [0.717, 1.165) is 30.2 Å². The van der Waals surface area contributed by atoms with Crippen molar-refractivity contribution >= 4 is 0 Å². The second-order valence-corrected chi connectivity index (χ2v) is 4.92. The molecular formula is C15H19N3O2. The first-order valence-electron chi connectivity index (χ1n) is 6.70. The highest BCUT2D eigenvalue weighted by atomic mass is 16.5. The zero-order chi connectivity index (χ0) is 14.1. The highest BCUT2D eigenvalue weighted by molar-refractivity contribution is 5.45. The molecule has 3 rings (SSSR count). The molecule has 1 atom stereocenters. The molecule has 1 aliphatic rings. The molecule has 0 saturated heterocycles. The molecule has 0 aliphatic carbocycles. The third-order valence-electron chi connectivity index (χ3n) is 3.85. The molecule has 1 aliphatic heterocycles. The molecule has 1 aromatic heterocycles. The molecule has 5 nitrogen and oxygen atoms in total. The van der Waals surface area contributed by atoms with Gasteiger partial charge in [0.15, 0.2) is 5.75 Å². The van der Waals surface area contributed by atoms with Crippen LogP contribution in [0.4, 0.5) is 0 Å². The van der Waals surface area contributed by atoms with E-state index in [1.807, 2.05) is 17.8 Å². The zero-order valence-corrected chi connectivity index (χ0v) is 12.0. The van der Waals surface area contributed by atoms with Gasteiger partial charge in [0.25, 0.3) is 0 Å². The number of fused-ring (bicyclic) bond motifs is 1. The molecule has 106 valence electrons. The summed E-state index contributed by atoms with van der Waals surface area (Å²) in [6.07, 6.45) is 2.78. The van der Waals surface area contributed by atoms with Gasteiger partial charge in [-0.2, -0.15) is 5.10 Å². The van der Waals surface area contributed by atoms with Crippen LogP contribution in [0.5, 0.6) is 11.5 Å². The van der Waals surface area contributed by atoms with Crippen LogP contribution in [0.15, 0.2) is 24.4 Å². The maximum Gasteiger partial charge on any atom is 0.161 e. The van der Waals surface area contributed by atoms with Crippen molar-refractivity contribution in [1.29, 1.82) is 0 Å². The molecular weight excluding hydrogens is 254 g/mol. The molecule has 1 aromatic carbocycles. The molecule has 0 radical (unpaired) electrons. The molecule has 0 spiro atoms. The summed E-state index contributed by atoms with van der Waals surface area (Å²) in [5.41, 5.74) is 3.62. The number of benzene rings is 1. The van der Waals surface area contributed by atoms with Gasteiger partial charge in [0.2, 0.25) is 0 Å². The van der Waals surface area contributed by atoms with E-state index >= 15 is 0 Å². The van der Waals surface area contributed by atoms with Crippen LogP contribution in [-0.2, 0) is 13.5 Å². The van der Waals surface area contributed by atoms with Gasteiger partial charge >= 0.3 is 0 Å². The second kappa shape index (κ2) is 5.17. The van der Waals surface area contributed by atoms with Crippen LogP contribution >= 0.6 is 0 Å². The van der Waals surface area contributed by atoms with Crippen LogP contribution in [0.25, 0.3) is 0 Å². The van der Waals surface area contributed by atoms with E-state index in [1.54, 1.807) is 20.4 Å². The van der Waals surface area contributed by atoms with Crippen molar-refractivity contribution in [1.82, 2.24) is 15.1 Å². The van der Waals surface area contributed by atoms with E-state index in [2.05, 4.69) is 22.5 Å². The standard InChI is InChI=1S/C15H19N3O2/c1-18-15(13(20-3)9-17-18)14-12-8-11(19-2)5-4-10(12)6-7-16-14/h4-5,8-9,14,16H,6-7H2,1-3H3. The predicted octanol–water partition coefficient (Wildman–Crippen LogP) is 1.67. The second-order valence-electron chi connectivity index (χ2n) is 4.92. The quantitative estimate of drug-likeness (QED) is 0.924. The average molecular weight is 273 g/mol. The topological polar surface area (TPSA) is 48.3 Å². The third kappa shape index (κ3) is 2.04. The molecule has 0 saturated carbocycles. The van der Waals surface area contributed by atoms with Gasteiger partial charge in [-0.1, -0.05) is 6.07 Å². The molecule has 0 amide bonds. The van der Waals surface area contributed by atoms with E-state index in [0.29, 0.717) is 0 Å². The number of methoxy groups -OCH3 is 2. The van der Waals surface area contributed by atoms with Gasteiger partial charge in [-0.25, -0.2) is 0 Å². The number of nitrogens with one attached hydrogen (secondary N) is 1. The summed E-state index contributed by atoms with van der Waals surface area (Å²) in [6, 6.07) is 6.34. The van der Waals surface area contributed by atoms with E-state index in [9.17, 15) is 0 Å². The lowest BCUT2D eigenvalue weighted by atomic mass is 9.92. The first-order chi connectivity index (χ1) is 9.74. The number of aryl methyl sites for hydroxylation is 1. The lowest BCUT2D eigenvalue weighted by Crippen LogP contribution is -2.32. The normalized spacial score (nSPS) is 17.6. The molecule has 5 heteroatoms. The summed E-state index contributed by atoms with van der Waals surface area (Å²) >= 11 is 0. The Balaban J connectivity index is 2.11. The van der Waals surface area contributed by atoms with Crippen molar-refractivity contribution < 1.29 is 9.47 Å². The molecule has 0 bridgehead atoms. The number of rotatable bonds is 3. The SMILES string of the molecule is COc1ccc2c(c1)C(c1c(OC)cnn1C)NCC2. The molecule has 1 N–H and O–H groups in total. The molecule has 2 heterocycles. The smallest absolute Gasteiger partial charge is 0.161 e. The summed E-state index contributed by atoms with van der Waals surface area (Å²) in [5.74, 6) is 1.68. The van der Waals surface area contributed by atoms with Gasteiger partial charge in [0.1, 0.15) is 11.4 Å². The number of nitrogens with zero attached hydrogens (tertiary/aromatic N) is 2. The van der Waals surface area contributed by atoms with Crippen molar-refractivity contribution in [2.45, 2.75) is 12.5 Å². The summed E-state index contributed by atoms with van der Waals surface area (Å²) < 4.78 is 12.7. The average Bonchev–Trinajstić information content (AvgIpc) is 2.86. The Labute approximate surface area is 118 Å². The lowest BCUT2D eigenvalue weighted by molar-refractivity contribution is 0.396. The van der Waals surface area contributed by atoms with Crippen LogP contribution < -0.4 is 14.8 Å². The molecule has 1 unspecified atom stereocenters.